The molecule has 190 valence electrons. The van der Waals surface area contributed by atoms with E-state index >= 15 is 0 Å². The molecule has 10 heteroatoms. The molecule has 2 rings (SSSR count). The van der Waals surface area contributed by atoms with Gasteiger partial charge in [0.2, 0.25) is 5.60 Å². The summed E-state index contributed by atoms with van der Waals surface area (Å²) in [6.45, 7) is 10.2. The van der Waals surface area contributed by atoms with Gasteiger partial charge in [-0.3, -0.25) is 14.4 Å². The maximum Gasteiger partial charge on any atom is 0.303 e. The second-order valence-corrected chi connectivity index (χ2v) is 15.4. The van der Waals surface area contributed by atoms with Crippen molar-refractivity contribution in [2.45, 2.75) is 89.7 Å². The zero-order chi connectivity index (χ0) is 25.5. The highest BCUT2D eigenvalue weighted by Crippen LogP contribution is 2.41. The molecule has 0 saturated carbocycles. The lowest BCUT2D eigenvalue weighted by Crippen LogP contribution is -2.70. The molecule has 1 saturated heterocycles. The van der Waals surface area contributed by atoms with Gasteiger partial charge >= 0.3 is 17.9 Å². The fourth-order valence-corrected chi connectivity index (χ4v) is 5.05. The summed E-state index contributed by atoms with van der Waals surface area (Å²) < 4.78 is 28.3. The predicted molar refractivity (Wildman–Crippen MR) is 125 cm³/mol. The van der Waals surface area contributed by atoms with Crippen LogP contribution < -0.4 is 0 Å². The number of esters is 3. The Morgan fingerprint density at radius 2 is 1.62 bits per heavy atom. The molecule has 0 amide bonds. The molecule has 1 N–H and O–H groups in total. The predicted octanol–water partition coefficient (Wildman–Crippen LogP) is 2.81. The largest absolute Gasteiger partial charge is 0.456 e. The number of hydrogen-bond donors (Lipinski definition) is 1. The van der Waals surface area contributed by atoms with E-state index < -0.39 is 56.2 Å². The van der Waals surface area contributed by atoms with Crippen molar-refractivity contribution in [3.05, 3.63) is 35.9 Å². The lowest BCUT2D eigenvalue weighted by atomic mass is 9.83. The van der Waals surface area contributed by atoms with Crippen molar-refractivity contribution in [1.82, 2.24) is 0 Å². The Morgan fingerprint density at radius 3 is 2.15 bits per heavy atom. The number of carbonyl (C=O) groups excluding carboxylic acids is 3. The van der Waals surface area contributed by atoms with Crippen LogP contribution in [0.15, 0.2) is 30.3 Å². The van der Waals surface area contributed by atoms with Crippen molar-refractivity contribution >= 4 is 26.0 Å². The Balaban J connectivity index is 2.39. The molecule has 0 aliphatic carbocycles. The van der Waals surface area contributed by atoms with E-state index in [1.54, 1.807) is 0 Å². The van der Waals surface area contributed by atoms with Crippen LogP contribution in [0.3, 0.4) is 0 Å². The van der Waals surface area contributed by atoms with Crippen LogP contribution in [0.1, 0.15) is 32.8 Å². The Labute approximate surface area is 201 Å². The molecule has 0 bridgehead atoms. The van der Waals surface area contributed by atoms with Crippen molar-refractivity contribution in [3.8, 4) is 0 Å². The van der Waals surface area contributed by atoms with Gasteiger partial charge in [-0.05, 0) is 12.0 Å². The van der Waals surface area contributed by atoms with Crippen molar-refractivity contribution in [2.75, 3.05) is 6.61 Å². The molecule has 9 nitrogen and oxygen atoms in total. The van der Waals surface area contributed by atoms with Gasteiger partial charge in [0, 0.05) is 28.8 Å². The molecule has 34 heavy (non-hydrogen) atoms. The lowest BCUT2D eigenvalue weighted by Gasteiger charge is -2.50. The normalized spacial score (nSPS) is 27.0. The first-order valence-corrected chi connectivity index (χ1v) is 15.0. The van der Waals surface area contributed by atoms with Crippen molar-refractivity contribution in [2.24, 2.45) is 0 Å². The Bertz CT molecular complexity index is 839. The van der Waals surface area contributed by atoms with Crippen LogP contribution in [-0.4, -0.2) is 67.9 Å². The molecule has 1 aliphatic rings. The highest BCUT2D eigenvalue weighted by atomic mass is 28.3. The minimum Gasteiger partial charge on any atom is -0.456 e. The van der Waals surface area contributed by atoms with Gasteiger partial charge in [0.15, 0.2) is 18.5 Å². The number of benzene rings is 1. The quantitative estimate of drug-likeness (QED) is 0.296. The second-order valence-electron chi connectivity index (χ2n) is 9.74. The first-order chi connectivity index (χ1) is 15.8. The first kappa shape index (κ1) is 28.0. The van der Waals surface area contributed by atoms with Gasteiger partial charge in [0.25, 0.3) is 0 Å². The van der Waals surface area contributed by atoms with E-state index in [0.29, 0.717) is 6.04 Å². The van der Waals surface area contributed by atoms with Crippen molar-refractivity contribution in [1.29, 1.82) is 0 Å². The topological polar surface area (TPSA) is 118 Å². The summed E-state index contributed by atoms with van der Waals surface area (Å²) in [5.41, 5.74) is -0.822. The van der Waals surface area contributed by atoms with E-state index in [1.165, 1.54) is 20.8 Å². The maximum atomic E-state index is 12.1. The number of hydrogen-bond acceptors (Lipinski definition) is 9. The van der Waals surface area contributed by atoms with E-state index in [1.807, 2.05) is 30.3 Å². The molecule has 1 aromatic rings. The molecular weight excluding hydrogens is 460 g/mol. The molecule has 1 aliphatic heterocycles. The van der Waals surface area contributed by atoms with Gasteiger partial charge in [0.1, 0.15) is 6.10 Å². The molecule has 0 aromatic heterocycles. The standard InChI is InChI=1S/C24H36O9Si/c1-16(25)30-21-20(15-29-14-19-10-8-7-9-11-19)32-23(28)24(33-18(3)27,12-13-34(4,5)6)22(21)31-17(2)26/h7-11,20-23,28H,12-15H2,1-6H3/t20-,21+,22+,23-,24-/m1/s1. The van der Waals surface area contributed by atoms with Gasteiger partial charge in [0.05, 0.1) is 13.2 Å². The fraction of sp³-hybridized carbons (Fsp3) is 0.625. The second kappa shape index (κ2) is 11.9. The Hall–Kier alpha value is -2.27. The van der Waals surface area contributed by atoms with E-state index in [0.717, 1.165) is 5.56 Å². The summed E-state index contributed by atoms with van der Waals surface area (Å²) in [6, 6.07) is 10.1. The number of rotatable bonds is 10. The van der Waals surface area contributed by atoms with Gasteiger partial charge in [-0.2, -0.15) is 0 Å². The zero-order valence-electron chi connectivity index (χ0n) is 20.7. The summed E-state index contributed by atoms with van der Waals surface area (Å²) in [6.07, 6.45) is -4.89. The zero-order valence-corrected chi connectivity index (χ0v) is 21.7. The van der Waals surface area contributed by atoms with Crippen LogP contribution in [0.5, 0.6) is 0 Å². The van der Waals surface area contributed by atoms with Crippen LogP contribution in [0.4, 0.5) is 0 Å². The first-order valence-electron chi connectivity index (χ1n) is 11.3. The van der Waals surface area contributed by atoms with Crippen LogP contribution in [0.25, 0.3) is 0 Å². The summed E-state index contributed by atoms with van der Waals surface area (Å²) in [5.74, 6) is -2.00. The minimum atomic E-state index is -1.74. The SMILES string of the molecule is CC(=O)O[C@H]1[C@@H](COCc2ccccc2)O[C@@H](O)[C@](CC[Si](C)(C)C)(OC(C)=O)[C@H]1OC(C)=O. The summed E-state index contributed by atoms with van der Waals surface area (Å²) in [4.78, 5) is 36.2. The number of carbonyl (C=O) groups is 3. The van der Waals surface area contributed by atoms with E-state index in [4.69, 9.17) is 23.7 Å². The van der Waals surface area contributed by atoms with E-state index in [2.05, 4.69) is 19.6 Å². The van der Waals surface area contributed by atoms with Gasteiger partial charge < -0.3 is 28.8 Å². The molecule has 0 unspecified atom stereocenters. The smallest absolute Gasteiger partial charge is 0.303 e. The summed E-state index contributed by atoms with van der Waals surface area (Å²) >= 11 is 0. The molecular formula is C24H36O9Si. The lowest BCUT2D eigenvalue weighted by molar-refractivity contribution is -0.336. The Morgan fingerprint density at radius 1 is 1.00 bits per heavy atom. The molecule has 5 atom stereocenters. The van der Waals surface area contributed by atoms with Gasteiger partial charge in [-0.1, -0.05) is 56.0 Å². The van der Waals surface area contributed by atoms with Crippen LogP contribution in [0.2, 0.25) is 25.7 Å². The van der Waals surface area contributed by atoms with E-state index in [-0.39, 0.29) is 19.6 Å². The third kappa shape index (κ3) is 7.90. The highest BCUT2D eigenvalue weighted by molar-refractivity contribution is 6.76. The third-order valence-corrected chi connectivity index (χ3v) is 7.21. The monoisotopic (exact) mass is 496 g/mol. The summed E-state index contributed by atoms with van der Waals surface area (Å²) in [5, 5.41) is 11.1. The average molecular weight is 497 g/mol. The average Bonchev–Trinajstić information content (AvgIpc) is 2.71. The highest BCUT2D eigenvalue weighted by Gasteiger charge is 2.62. The van der Waals surface area contributed by atoms with Gasteiger partial charge in [-0.15, -0.1) is 0 Å². The number of ether oxygens (including phenoxy) is 5. The molecule has 1 aromatic carbocycles. The van der Waals surface area contributed by atoms with Gasteiger partial charge in [-0.25, -0.2) is 0 Å². The third-order valence-electron chi connectivity index (χ3n) is 5.46. The molecule has 1 heterocycles. The van der Waals surface area contributed by atoms with Crippen molar-refractivity contribution in [3.63, 3.8) is 0 Å². The van der Waals surface area contributed by atoms with Crippen LogP contribution >= 0.6 is 0 Å². The maximum absolute atomic E-state index is 12.1. The number of aliphatic hydroxyl groups excluding tert-OH is 1. The van der Waals surface area contributed by atoms with Crippen molar-refractivity contribution < 1.29 is 43.2 Å². The minimum absolute atomic E-state index is 0.0637. The Kier molecular flexibility index (Phi) is 9.81. The fourth-order valence-electron chi connectivity index (χ4n) is 3.91. The molecule has 0 radical (unpaired) electrons. The number of aliphatic hydroxyl groups is 1. The van der Waals surface area contributed by atoms with Crippen LogP contribution in [-0.2, 0) is 44.7 Å². The van der Waals surface area contributed by atoms with Crippen LogP contribution in [0, 0.1) is 0 Å². The summed E-state index contributed by atoms with van der Waals surface area (Å²) in [7, 11) is -1.70. The van der Waals surface area contributed by atoms with E-state index in [9.17, 15) is 19.5 Å². The molecule has 1 fully saturated rings. The molecule has 0 spiro atoms.